The van der Waals surface area contributed by atoms with Gasteiger partial charge in [-0.2, -0.15) is 0 Å². The van der Waals surface area contributed by atoms with E-state index in [4.69, 9.17) is 0 Å². The average molecular weight is 220 g/mol. The highest BCUT2D eigenvalue weighted by Crippen LogP contribution is 2.56. The van der Waals surface area contributed by atoms with Gasteiger partial charge >= 0.3 is 0 Å². The number of allylic oxidation sites excluding steroid dienone is 2. The molecule has 1 nitrogen and oxygen atoms in total. The Hall–Kier alpha value is -0.590. The Balaban J connectivity index is 2.25. The fourth-order valence-corrected chi connectivity index (χ4v) is 4.02. The van der Waals surface area contributed by atoms with Crippen LogP contribution in [0.3, 0.4) is 0 Å². The van der Waals surface area contributed by atoms with Gasteiger partial charge in [-0.15, -0.1) is 0 Å². The van der Waals surface area contributed by atoms with E-state index in [9.17, 15) is 4.79 Å². The first-order valence-corrected chi connectivity index (χ1v) is 6.75. The molecule has 0 aromatic carbocycles. The van der Waals surface area contributed by atoms with Crippen LogP contribution >= 0.6 is 0 Å². The quantitative estimate of drug-likeness (QED) is 0.510. The zero-order valence-electron chi connectivity index (χ0n) is 10.8. The maximum Gasteiger partial charge on any atom is 0.126 e. The molecule has 1 heteroatoms. The molecule has 2 unspecified atom stereocenters. The second-order valence-corrected chi connectivity index (χ2v) is 6.14. The highest BCUT2D eigenvalue weighted by atomic mass is 16.1. The lowest BCUT2D eigenvalue weighted by atomic mass is 9.63. The molecule has 4 atom stereocenters. The lowest BCUT2D eigenvalue weighted by molar-refractivity contribution is -0.110. The Morgan fingerprint density at radius 1 is 1.31 bits per heavy atom. The van der Waals surface area contributed by atoms with Gasteiger partial charge in [0.2, 0.25) is 0 Å². The summed E-state index contributed by atoms with van der Waals surface area (Å²) in [6.45, 7) is 7.10. The Morgan fingerprint density at radius 3 is 2.56 bits per heavy atom. The number of hydrogen-bond donors (Lipinski definition) is 0. The molecule has 0 bridgehead atoms. The third-order valence-electron chi connectivity index (χ3n) is 5.06. The van der Waals surface area contributed by atoms with Crippen LogP contribution in [0.2, 0.25) is 0 Å². The molecule has 2 rings (SSSR count). The van der Waals surface area contributed by atoms with Gasteiger partial charge < -0.3 is 4.79 Å². The summed E-state index contributed by atoms with van der Waals surface area (Å²) in [5.41, 5.74) is 0.410. The van der Waals surface area contributed by atoms with Crippen LogP contribution in [-0.4, -0.2) is 6.29 Å². The number of hydrogen-bond acceptors (Lipinski definition) is 1. The Bertz CT molecular complexity index is 292. The molecule has 1 saturated carbocycles. The summed E-state index contributed by atoms with van der Waals surface area (Å²) >= 11 is 0. The third-order valence-corrected chi connectivity index (χ3v) is 5.06. The van der Waals surface area contributed by atoms with Crippen LogP contribution in [0.4, 0.5) is 0 Å². The van der Waals surface area contributed by atoms with Crippen LogP contribution in [-0.2, 0) is 4.79 Å². The maximum atomic E-state index is 10.8. The van der Waals surface area contributed by atoms with Crippen molar-refractivity contribution in [3.8, 4) is 0 Å². The summed E-state index contributed by atoms with van der Waals surface area (Å²) in [6.07, 6.45) is 10.7. The topological polar surface area (TPSA) is 17.1 Å². The summed E-state index contributed by atoms with van der Waals surface area (Å²) < 4.78 is 0. The predicted molar refractivity (Wildman–Crippen MR) is 67.1 cm³/mol. The number of aldehydes is 1. The number of rotatable bonds is 2. The molecule has 0 aromatic rings. The highest BCUT2D eigenvalue weighted by Gasteiger charge is 2.48. The minimum atomic E-state index is 0.186. The monoisotopic (exact) mass is 220 g/mol. The molecule has 0 amide bonds. The fraction of sp³-hybridized carbons (Fsp3) is 0.800. The number of carbonyl (C=O) groups excluding carboxylic acids is 1. The summed E-state index contributed by atoms with van der Waals surface area (Å²) in [5, 5.41) is 0. The summed E-state index contributed by atoms with van der Waals surface area (Å²) in [6, 6.07) is 0. The fourth-order valence-electron chi connectivity index (χ4n) is 4.02. The van der Waals surface area contributed by atoms with Gasteiger partial charge in [-0.1, -0.05) is 32.9 Å². The summed E-state index contributed by atoms with van der Waals surface area (Å²) in [4.78, 5) is 10.8. The molecular weight excluding hydrogens is 196 g/mol. The van der Waals surface area contributed by atoms with Crippen molar-refractivity contribution in [3.05, 3.63) is 12.2 Å². The van der Waals surface area contributed by atoms with Gasteiger partial charge in [0.1, 0.15) is 6.29 Å². The second-order valence-electron chi connectivity index (χ2n) is 6.14. The number of carbonyl (C=O) groups is 1. The van der Waals surface area contributed by atoms with Gasteiger partial charge in [0.15, 0.2) is 0 Å². The normalized spacial score (nSPS) is 43.1. The molecule has 90 valence electrons. The summed E-state index contributed by atoms with van der Waals surface area (Å²) in [7, 11) is 0. The second kappa shape index (κ2) is 4.35. The Labute approximate surface area is 99.3 Å². The summed E-state index contributed by atoms with van der Waals surface area (Å²) in [5.74, 6) is 2.57. The van der Waals surface area contributed by atoms with Crippen molar-refractivity contribution in [2.75, 3.05) is 0 Å². The molecule has 1 spiro atoms. The molecule has 16 heavy (non-hydrogen) atoms. The van der Waals surface area contributed by atoms with Crippen molar-refractivity contribution in [2.45, 2.75) is 46.5 Å². The van der Waals surface area contributed by atoms with E-state index in [0.717, 1.165) is 30.5 Å². The zero-order chi connectivity index (χ0) is 11.8. The van der Waals surface area contributed by atoms with Crippen LogP contribution in [0.25, 0.3) is 0 Å². The highest BCUT2D eigenvalue weighted by molar-refractivity contribution is 5.57. The Morgan fingerprint density at radius 2 is 2.06 bits per heavy atom. The van der Waals surface area contributed by atoms with E-state index in [1.165, 1.54) is 19.3 Å². The van der Waals surface area contributed by atoms with Crippen LogP contribution < -0.4 is 0 Å². The van der Waals surface area contributed by atoms with Crippen LogP contribution in [0, 0.1) is 29.1 Å². The van der Waals surface area contributed by atoms with E-state index in [2.05, 4.69) is 32.9 Å². The van der Waals surface area contributed by atoms with E-state index in [1.807, 2.05) is 0 Å². The molecule has 0 heterocycles. The lowest BCUT2D eigenvalue weighted by Crippen LogP contribution is -2.34. The molecule has 2 aliphatic rings. The third kappa shape index (κ3) is 1.74. The molecule has 0 radical (unpaired) electrons. The van der Waals surface area contributed by atoms with Crippen molar-refractivity contribution in [3.63, 3.8) is 0 Å². The predicted octanol–water partition coefficient (Wildman–Crippen LogP) is 3.84. The minimum Gasteiger partial charge on any atom is -0.303 e. The molecule has 0 aliphatic heterocycles. The molecular formula is C15H24O. The van der Waals surface area contributed by atoms with E-state index in [-0.39, 0.29) is 5.92 Å². The van der Waals surface area contributed by atoms with Gasteiger partial charge in [0.05, 0.1) is 0 Å². The van der Waals surface area contributed by atoms with E-state index >= 15 is 0 Å². The first-order chi connectivity index (χ1) is 7.60. The van der Waals surface area contributed by atoms with Gasteiger partial charge in [-0.25, -0.2) is 0 Å². The molecule has 0 saturated heterocycles. The van der Waals surface area contributed by atoms with Crippen molar-refractivity contribution in [1.29, 1.82) is 0 Å². The van der Waals surface area contributed by atoms with Crippen molar-refractivity contribution in [2.24, 2.45) is 29.1 Å². The lowest BCUT2D eigenvalue weighted by Gasteiger charge is -2.41. The van der Waals surface area contributed by atoms with Gasteiger partial charge in [0, 0.05) is 5.92 Å². The van der Waals surface area contributed by atoms with E-state index in [1.54, 1.807) is 0 Å². The maximum absolute atomic E-state index is 10.8. The Kier molecular flexibility index (Phi) is 3.23. The van der Waals surface area contributed by atoms with Crippen molar-refractivity contribution in [1.82, 2.24) is 0 Å². The molecule has 1 fully saturated rings. The van der Waals surface area contributed by atoms with E-state index in [0.29, 0.717) is 5.41 Å². The SMILES string of the molecule is CC(C)[C@H]1CCC(C)[C@]12C=CC(C=O)CC2. The molecule has 0 aromatic heterocycles. The van der Waals surface area contributed by atoms with Gasteiger partial charge in [-0.05, 0) is 48.9 Å². The minimum absolute atomic E-state index is 0.186. The van der Waals surface area contributed by atoms with Crippen molar-refractivity contribution >= 4 is 6.29 Å². The van der Waals surface area contributed by atoms with E-state index < -0.39 is 0 Å². The molecule has 0 N–H and O–H groups in total. The van der Waals surface area contributed by atoms with Crippen molar-refractivity contribution < 1.29 is 4.79 Å². The van der Waals surface area contributed by atoms with Crippen LogP contribution in [0.5, 0.6) is 0 Å². The standard InChI is InChI=1S/C15H24O/c1-11(2)14-5-4-12(3)15(14)8-6-13(10-16)7-9-15/h6,8,10-14H,4-5,7,9H2,1-3H3/t12?,13?,14-,15-/m1/s1. The first-order valence-electron chi connectivity index (χ1n) is 6.75. The van der Waals surface area contributed by atoms with Crippen LogP contribution in [0.1, 0.15) is 46.5 Å². The van der Waals surface area contributed by atoms with Gasteiger partial charge in [-0.3, -0.25) is 0 Å². The van der Waals surface area contributed by atoms with Crippen LogP contribution in [0.15, 0.2) is 12.2 Å². The first kappa shape index (κ1) is 11.9. The molecule has 2 aliphatic carbocycles. The van der Waals surface area contributed by atoms with Gasteiger partial charge in [0.25, 0.3) is 0 Å². The zero-order valence-corrected chi connectivity index (χ0v) is 10.8. The largest absolute Gasteiger partial charge is 0.303 e. The average Bonchev–Trinajstić information content (AvgIpc) is 2.58. The smallest absolute Gasteiger partial charge is 0.126 e.